The Balaban J connectivity index is 3.02. The molecule has 0 aliphatic carbocycles. The molecule has 0 nitrogen and oxygen atoms in total. The highest BCUT2D eigenvalue weighted by molar-refractivity contribution is 7.98. The monoisotopic (exact) mass is 174 g/mol. The van der Waals surface area contributed by atoms with Crippen molar-refractivity contribution in [3.05, 3.63) is 29.8 Å². The first-order valence-electron chi connectivity index (χ1n) is 3.16. The van der Waals surface area contributed by atoms with Gasteiger partial charge in [-0.05, 0) is 12.3 Å². The second-order valence-corrected chi connectivity index (χ2v) is 2.89. The molecule has 0 fully saturated rings. The normalized spacial score (nSPS) is 10.5. The highest BCUT2D eigenvalue weighted by atomic mass is 32.2. The lowest BCUT2D eigenvalue weighted by molar-refractivity contribution is 0.148. The minimum Gasteiger partial charge on any atom is -0.205 e. The Kier molecular flexibility index (Phi) is 2.88. The SMILES string of the molecule is CSc1ccccc1C(F)F. The van der Waals surface area contributed by atoms with Crippen molar-refractivity contribution >= 4 is 11.8 Å². The van der Waals surface area contributed by atoms with Crippen LogP contribution in [0.15, 0.2) is 29.2 Å². The van der Waals surface area contributed by atoms with Crippen LogP contribution in [0, 0.1) is 0 Å². The van der Waals surface area contributed by atoms with Crippen LogP contribution in [0.1, 0.15) is 12.0 Å². The third kappa shape index (κ3) is 1.93. The minimum absolute atomic E-state index is 0.125. The first-order valence-corrected chi connectivity index (χ1v) is 4.39. The summed E-state index contributed by atoms with van der Waals surface area (Å²) in [5.74, 6) is 0. The predicted octanol–water partition coefficient (Wildman–Crippen LogP) is 3.35. The second kappa shape index (κ2) is 3.72. The lowest BCUT2D eigenvalue weighted by Crippen LogP contribution is -1.86. The largest absolute Gasteiger partial charge is 0.264 e. The molecule has 1 aromatic carbocycles. The molecule has 0 unspecified atom stereocenters. The molecule has 0 heterocycles. The molecule has 0 radical (unpaired) electrons. The van der Waals surface area contributed by atoms with E-state index in [0.29, 0.717) is 4.90 Å². The van der Waals surface area contributed by atoms with Gasteiger partial charge in [-0.3, -0.25) is 0 Å². The smallest absolute Gasteiger partial charge is 0.205 e. The standard InChI is InChI=1S/C8H8F2S/c1-11-7-5-3-2-4-6(7)8(9)10/h2-5,8H,1H3. The average Bonchev–Trinajstić information content (AvgIpc) is 2.04. The Morgan fingerprint density at radius 2 is 1.91 bits per heavy atom. The molecule has 0 saturated heterocycles. The molecule has 0 amide bonds. The van der Waals surface area contributed by atoms with Crippen LogP contribution in [-0.2, 0) is 0 Å². The summed E-state index contributed by atoms with van der Waals surface area (Å²) in [6.45, 7) is 0. The van der Waals surface area contributed by atoms with Crippen LogP contribution in [-0.4, -0.2) is 6.26 Å². The van der Waals surface area contributed by atoms with Crippen LogP contribution in [0.5, 0.6) is 0 Å². The van der Waals surface area contributed by atoms with Crippen LogP contribution in [0.2, 0.25) is 0 Å². The third-order valence-electron chi connectivity index (χ3n) is 1.37. The van der Waals surface area contributed by atoms with Crippen LogP contribution in [0.4, 0.5) is 8.78 Å². The molecule has 0 aliphatic rings. The van der Waals surface area contributed by atoms with E-state index in [1.165, 1.54) is 17.8 Å². The lowest BCUT2D eigenvalue weighted by atomic mass is 10.2. The summed E-state index contributed by atoms with van der Waals surface area (Å²) in [7, 11) is 0. The van der Waals surface area contributed by atoms with Crippen LogP contribution < -0.4 is 0 Å². The lowest BCUT2D eigenvalue weighted by Gasteiger charge is -2.03. The summed E-state index contributed by atoms with van der Waals surface area (Å²) < 4.78 is 24.4. The van der Waals surface area contributed by atoms with Gasteiger partial charge in [0, 0.05) is 10.5 Å². The van der Waals surface area contributed by atoms with E-state index in [2.05, 4.69) is 0 Å². The van der Waals surface area contributed by atoms with Crippen molar-refractivity contribution in [2.75, 3.05) is 6.26 Å². The Morgan fingerprint density at radius 1 is 1.27 bits per heavy atom. The zero-order valence-electron chi connectivity index (χ0n) is 6.05. The predicted molar refractivity (Wildman–Crippen MR) is 43.2 cm³/mol. The Morgan fingerprint density at radius 3 is 2.36 bits per heavy atom. The van der Waals surface area contributed by atoms with Crippen molar-refractivity contribution in [2.24, 2.45) is 0 Å². The third-order valence-corrected chi connectivity index (χ3v) is 2.19. The fraction of sp³-hybridized carbons (Fsp3) is 0.250. The van der Waals surface area contributed by atoms with Crippen molar-refractivity contribution < 1.29 is 8.78 Å². The molecule has 60 valence electrons. The van der Waals surface area contributed by atoms with E-state index in [-0.39, 0.29) is 5.56 Å². The van der Waals surface area contributed by atoms with Crippen molar-refractivity contribution in [2.45, 2.75) is 11.3 Å². The van der Waals surface area contributed by atoms with Gasteiger partial charge in [0.1, 0.15) is 0 Å². The molecule has 0 spiro atoms. The van der Waals surface area contributed by atoms with Gasteiger partial charge in [-0.15, -0.1) is 11.8 Å². The van der Waals surface area contributed by atoms with E-state index in [0.717, 1.165) is 0 Å². The summed E-state index contributed by atoms with van der Waals surface area (Å²) in [6.07, 6.45) is -0.569. The van der Waals surface area contributed by atoms with Gasteiger partial charge < -0.3 is 0 Å². The Labute approximate surface area is 68.6 Å². The molecular formula is C8H8F2S. The van der Waals surface area contributed by atoms with E-state index < -0.39 is 6.43 Å². The van der Waals surface area contributed by atoms with Crippen LogP contribution in [0.3, 0.4) is 0 Å². The molecule has 11 heavy (non-hydrogen) atoms. The van der Waals surface area contributed by atoms with Gasteiger partial charge in [0.25, 0.3) is 6.43 Å². The van der Waals surface area contributed by atoms with Crippen LogP contribution >= 0.6 is 11.8 Å². The summed E-state index contributed by atoms with van der Waals surface area (Å²) >= 11 is 1.34. The molecule has 0 atom stereocenters. The molecular weight excluding hydrogens is 166 g/mol. The van der Waals surface area contributed by atoms with Gasteiger partial charge in [0.15, 0.2) is 0 Å². The molecule has 1 rings (SSSR count). The maximum Gasteiger partial charge on any atom is 0.264 e. The number of alkyl halides is 2. The summed E-state index contributed by atoms with van der Waals surface area (Å²) in [5, 5.41) is 0. The number of hydrogen-bond donors (Lipinski definition) is 0. The summed E-state index contributed by atoms with van der Waals surface area (Å²) in [5.41, 5.74) is 0.125. The molecule has 3 heteroatoms. The first-order chi connectivity index (χ1) is 5.25. The number of benzene rings is 1. The van der Waals surface area contributed by atoms with Crippen molar-refractivity contribution in [1.82, 2.24) is 0 Å². The number of thioether (sulfide) groups is 1. The van der Waals surface area contributed by atoms with E-state index in [1.807, 2.05) is 0 Å². The highest BCUT2D eigenvalue weighted by Gasteiger charge is 2.10. The average molecular weight is 174 g/mol. The van der Waals surface area contributed by atoms with Gasteiger partial charge in [0.05, 0.1) is 0 Å². The van der Waals surface area contributed by atoms with E-state index in [4.69, 9.17) is 0 Å². The van der Waals surface area contributed by atoms with Gasteiger partial charge in [0.2, 0.25) is 0 Å². The molecule has 0 N–H and O–H groups in total. The van der Waals surface area contributed by atoms with Gasteiger partial charge in [-0.2, -0.15) is 0 Å². The highest BCUT2D eigenvalue weighted by Crippen LogP contribution is 2.28. The van der Waals surface area contributed by atoms with E-state index in [9.17, 15) is 8.78 Å². The number of rotatable bonds is 2. The zero-order valence-corrected chi connectivity index (χ0v) is 6.87. The topological polar surface area (TPSA) is 0 Å². The Bertz CT molecular complexity index is 235. The van der Waals surface area contributed by atoms with Gasteiger partial charge in [-0.1, -0.05) is 18.2 Å². The van der Waals surface area contributed by atoms with Crippen LogP contribution in [0.25, 0.3) is 0 Å². The molecule has 0 bridgehead atoms. The fourth-order valence-electron chi connectivity index (χ4n) is 0.847. The molecule has 0 aromatic heterocycles. The van der Waals surface area contributed by atoms with Gasteiger partial charge >= 0.3 is 0 Å². The maximum atomic E-state index is 12.2. The maximum absolute atomic E-state index is 12.2. The number of halogens is 2. The quantitative estimate of drug-likeness (QED) is 0.619. The minimum atomic E-state index is -2.36. The van der Waals surface area contributed by atoms with Crippen molar-refractivity contribution in [1.29, 1.82) is 0 Å². The zero-order chi connectivity index (χ0) is 8.27. The van der Waals surface area contributed by atoms with Crippen molar-refractivity contribution in [3.8, 4) is 0 Å². The molecule has 0 saturated carbocycles. The van der Waals surface area contributed by atoms with Crippen molar-refractivity contribution in [3.63, 3.8) is 0 Å². The van der Waals surface area contributed by atoms with E-state index >= 15 is 0 Å². The second-order valence-electron chi connectivity index (χ2n) is 2.04. The summed E-state index contributed by atoms with van der Waals surface area (Å²) in [4.78, 5) is 0.655. The van der Waals surface area contributed by atoms with E-state index in [1.54, 1.807) is 24.5 Å². The Hall–Kier alpha value is -0.570. The number of hydrogen-bond acceptors (Lipinski definition) is 1. The fourth-order valence-corrected chi connectivity index (χ4v) is 1.45. The first kappa shape index (κ1) is 8.53. The van der Waals surface area contributed by atoms with Gasteiger partial charge in [-0.25, -0.2) is 8.78 Å². The summed E-state index contributed by atoms with van der Waals surface area (Å²) in [6, 6.07) is 6.54. The molecule has 1 aromatic rings. The molecule has 0 aliphatic heterocycles.